The molecule has 0 bridgehead atoms. The Balaban J connectivity index is 2.31. The minimum absolute atomic E-state index is 0.124. The van der Waals surface area contributed by atoms with Crippen LogP contribution in [0.15, 0.2) is 60.7 Å². The Bertz CT molecular complexity index is 849. The molecule has 0 spiro atoms. The molecule has 0 unspecified atom stereocenters. The van der Waals surface area contributed by atoms with Crippen LogP contribution in [0.2, 0.25) is 5.04 Å². The van der Waals surface area contributed by atoms with Crippen LogP contribution in [0, 0.1) is 0 Å². The summed E-state index contributed by atoms with van der Waals surface area (Å²) in [5.74, 6) is -1.12. The Kier molecular flexibility index (Phi) is 8.26. The Hall–Kier alpha value is -2.64. The molecule has 0 aliphatic heterocycles. The zero-order valence-corrected chi connectivity index (χ0v) is 20.8. The zero-order valence-electron chi connectivity index (χ0n) is 19.8. The van der Waals surface area contributed by atoms with Gasteiger partial charge in [-0.1, -0.05) is 81.4 Å². The van der Waals surface area contributed by atoms with Gasteiger partial charge >= 0.3 is 12.1 Å². The van der Waals surface area contributed by atoms with Crippen molar-refractivity contribution in [2.24, 2.45) is 0 Å². The number of aliphatic carboxylic acids is 1. The number of carbonyl (C=O) groups excluding carboxylic acids is 1. The van der Waals surface area contributed by atoms with E-state index in [0.29, 0.717) is 0 Å². The molecular weight excluding hydrogens is 422 g/mol. The summed E-state index contributed by atoms with van der Waals surface area (Å²) >= 11 is 0. The number of benzene rings is 2. The van der Waals surface area contributed by atoms with Crippen molar-refractivity contribution in [2.45, 2.75) is 64.6 Å². The van der Waals surface area contributed by atoms with Crippen LogP contribution in [-0.2, 0) is 14.0 Å². The highest BCUT2D eigenvalue weighted by Gasteiger charge is 2.50. The maximum absolute atomic E-state index is 12.1. The van der Waals surface area contributed by atoms with Crippen molar-refractivity contribution in [1.29, 1.82) is 0 Å². The van der Waals surface area contributed by atoms with Crippen molar-refractivity contribution >= 4 is 30.8 Å². The number of alkyl carbamates (subject to hydrolysis) is 1. The second kappa shape index (κ2) is 10.3. The summed E-state index contributed by atoms with van der Waals surface area (Å²) in [5.41, 5.74) is -0.710. The average Bonchev–Trinajstić information content (AvgIpc) is 2.69. The first-order chi connectivity index (χ1) is 14.9. The van der Waals surface area contributed by atoms with Crippen LogP contribution in [0.1, 0.15) is 48.0 Å². The van der Waals surface area contributed by atoms with E-state index < -0.39 is 32.0 Å². The average molecular weight is 458 g/mol. The third kappa shape index (κ3) is 6.43. The Morgan fingerprint density at radius 2 is 1.38 bits per heavy atom. The van der Waals surface area contributed by atoms with E-state index >= 15 is 0 Å². The predicted octanol–water partition coefficient (Wildman–Crippen LogP) is 3.93. The van der Waals surface area contributed by atoms with Gasteiger partial charge in [-0.15, -0.1) is 0 Å². The maximum Gasteiger partial charge on any atom is 0.408 e. The normalized spacial score (nSPS) is 13.3. The van der Waals surface area contributed by atoms with Gasteiger partial charge in [0.15, 0.2) is 0 Å². The van der Waals surface area contributed by atoms with Crippen LogP contribution < -0.4 is 15.7 Å². The SMILES string of the molecule is CC(C)(C)OC(=O)N[C@@H](CCO[Si](c1ccccc1)(c1ccccc1)C(C)(C)C)C(=O)O. The van der Waals surface area contributed by atoms with E-state index in [1.165, 1.54) is 0 Å². The molecule has 0 aliphatic rings. The van der Waals surface area contributed by atoms with E-state index in [4.69, 9.17) is 9.16 Å². The summed E-state index contributed by atoms with van der Waals surface area (Å²) in [4.78, 5) is 23.9. The number of carboxylic acid groups (broad SMARTS) is 1. The predicted molar refractivity (Wildman–Crippen MR) is 129 cm³/mol. The Labute approximate surface area is 192 Å². The molecule has 32 heavy (non-hydrogen) atoms. The van der Waals surface area contributed by atoms with Gasteiger partial charge in [-0.3, -0.25) is 0 Å². The smallest absolute Gasteiger partial charge is 0.408 e. The Morgan fingerprint density at radius 1 is 0.906 bits per heavy atom. The van der Waals surface area contributed by atoms with Gasteiger partial charge in [0.1, 0.15) is 11.6 Å². The van der Waals surface area contributed by atoms with Crippen molar-refractivity contribution in [3.63, 3.8) is 0 Å². The minimum atomic E-state index is -2.77. The van der Waals surface area contributed by atoms with E-state index in [-0.39, 0.29) is 18.1 Å². The van der Waals surface area contributed by atoms with Gasteiger partial charge in [0.2, 0.25) is 0 Å². The molecule has 2 rings (SSSR count). The first kappa shape index (κ1) is 25.6. The number of carbonyl (C=O) groups is 2. The third-order valence-electron chi connectivity index (χ3n) is 5.13. The fraction of sp³-hybridized carbons (Fsp3) is 0.440. The van der Waals surface area contributed by atoms with Crippen molar-refractivity contribution in [2.75, 3.05) is 6.61 Å². The summed E-state index contributed by atoms with van der Waals surface area (Å²) in [6, 6.07) is 19.2. The topological polar surface area (TPSA) is 84.9 Å². The standard InChI is InChI=1S/C25H35NO5Si/c1-24(2,3)31-23(29)26-21(22(27)28)17-18-30-32(25(4,5)6,19-13-9-7-10-14-19)20-15-11-8-12-16-20/h7-16,21H,17-18H2,1-6H3,(H,26,29)(H,27,28)/t21-/m0/s1. The van der Waals surface area contributed by atoms with E-state index in [2.05, 4.69) is 50.4 Å². The molecule has 2 aromatic rings. The number of hydrogen-bond donors (Lipinski definition) is 2. The monoisotopic (exact) mass is 457 g/mol. The van der Waals surface area contributed by atoms with Gasteiger partial charge in [0.25, 0.3) is 8.32 Å². The molecule has 0 radical (unpaired) electrons. The lowest BCUT2D eigenvalue weighted by atomic mass is 10.2. The first-order valence-electron chi connectivity index (χ1n) is 10.8. The van der Waals surface area contributed by atoms with Crippen LogP contribution >= 0.6 is 0 Å². The van der Waals surface area contributed by atoms with Crippen molar-refractivity contribution in [3.8, 4) is 0 Å². The quantitative estimate of drug-likeness (QED) is 0.587. The fourth-order valence-electron chi connectivity index (χ4n) is 3.80. The van der Waals surface area contributed by atoms with Crippen LogP contribution in [-0.4, -0.2) is 43.7 Å². The molecule has 7 heteroatoms. The van der Waals surface area contributed by atoms with Crippen LogP contribution in [0.5, 0.6) is 0 Å². The summed E-state index contributed by atoms with van der Waals surface area (Å²) in [5, 5.41) is 14.1. The van der Waals surface area contributed by atoms with E-state index in [0.717, 1.165) is 10.4 Å². The van der Waals surface area contributed by atoms with E-state index in [9.17, 15) is 14.7 Å². The molecule has 1 atom stereocenters. The van der Waals surface area contributed by atoms with Gasteiger partial charge in [-0.2, -0.15) is 0 Å². The molecule has 6 nitrogen and oxygen atoms in total. The summed E-state index contributed by atoms with van der Waals surface area (Å²) in [6.07, 6.45) is -0.630. The largest absolute Gasteiger partial charge is 0.480 e. The Morgan fingerprint density at radius 3 is 1.75 bits per heavy atom. The molecule has 1 amide bonds. The highest BCUT2D eigenvalue weighted by atomic mass is 28.4. The van der Waals surface area contributed by atoms with Crippen LogP contribution in [0.25, 0.3) is 0 Å². The van der Waals surface area contributed by atoms with Crippen molar-refractivity contribution in [3.05, 3.63) is 60.7 Å². The molecule has 2 aromatic carbocycles. The summed E-state index contributed by atoms with van der Waals surface area (Å²) in [6.45, 7) is 11.9. The lowest BCUT2D eigenvalue weighted by Gasteiger charge is -2.43. The van der Waals surface area contributed by atoms with Gasteiger partial charge in [0, 0.05) is 13.0 Å². The number of carboxylic acids is 1. The third-order valence-corrected chi connectivity index (χ3v) is 10.2. The molecule has 0 saturated heterocycles. The molecule has 2 N–H and O–H groups in total. The number of rotatable bonds is 8. The van der Waals surface area contributed by atoms with E-state index in [1.807, 2.05) is 36.4 Å². The zero-order chi connectivity index (χ0) is 24.0. The first-order valence-corrected chi connectivity index (χ1v) is 12.7. The number of hydrogen-bond acceptors (Lipinski definition) is 4. The van der Waals surface area contributed by atoms with Crippen molar-refractivity contribution in [1.82, 2.24) is 5.32 Å². The number of nitrogens with one attached hydrogen (secondary N) is 1. The molecule has 0 heterocycles. The molecule has 0 saturated carbocycles. The van der Waals surface area contributed by atoms with Gasteiger partial charge in [-0.25, -0.2) is 9.59 Å². The highest BCUT2D eigenvalue weighted by molar-refractivity contribution is 6.99. The second-order valence-electron chi connectivity index (χ2n) is 9.84. The molecule has 0 fully saturated rings. The van der Waals surface area contributed by atoms with Gasteiger partial charge in [0.05, 0.1) is 0 Å². The number of ether oxygens (including phenoxy) is 1. The summed E-state index contributed by atoms with van der Waals surface area (Å²) in [7, 11) is -2.77. The molecule has 0 aromatic heterocycles. The van der Waals surface area contributed by atoms with Crippen LogP contribution in [0.3, 0.4) is 0 Å². The molecule has 174 valence electrons. The van der Waals surface area contributed by atoms with Gasteiger partial charge < -0.3 is 19.6 Å². The minimum Gasteiger partial charge on any atom is -0.480 e. The maximum atomic E-state index is 12.1. The molecular formula is C25H35NO5Si. The van der Waals surface area contributed by atoms with Crippen LogP contribution in [0.4, 0.5) is 4.79 Å². The fourth-order valence-corrected chi connectivity index (χ4v) is 8.38. The van der Waals surface area contributed by atoms with E-state index in [1.54, 1.807) is 20.8 Å². The lowest BCUT2D eigenvalue weighted by molar-refractivity contribution is -0.139. The number of amides is 1. The summed E-state index contributed by atoms with van der Waals surface area (Å²) < 4.78 is 11.9. The van der Waals surface area contributed by atoms with Gasteiger partial charge in [-0.05, 0) is 36.2 Å². The van der Waals surface area contributed by atoms with Crippen molar-refractivity contribution < 1.29 is 23.9 Å². The lowest BCUT2D eigenvalue weighted by Crippen LogP contribution is -2.66. The molecule has 0 aliphatic carbocycles. The highest BCUT2D eigenvalue weighted by Crippen LogP contribution is 2.36. The second-order valence-corrected chi connectivity index (χ2v) is 14.1.